The summed E-state index contributed by atoms with van der Waals surface area (Å²) >= 11 is 3.78. The van der Waals surface area contributed by atoms with Crippen molar-refractivity contribution in [3.8, 4) is 0 Å². The third-order valence-corrected chi connectivity index (χ3v) is 7.75. The van der Waals surface area contributed by atoms with Gasteiger partial charge < -0.3 is 4.90 Å². The maximum absolute atomic E-state index is 4.76. The standard InChI is InChI=1S/C18H27N5S2/c1-12(2)14-9-13-15(20-11-21-16(13)24-14)22-5-7-23(8-6-22)17-19-10-18(3,4)25-17/h9,11-13,15H,5-8,10H2,1-4H3. The second-order valence-corrected chi connectivity index (χ2v) is 10.7. The van der Waals surface area contributed by atoms with Crippen LogP contribution in [0.1, 0.15) is 27.7 Å². The van der Waals surface area contributed by atoms with Crippen molar-refractivity contribution in [2.24, 2.45) is 26.8 Å². The van der Waals surface area contributed by atoms with Crippen molar-refractivity contribution in [1.29, 1.82) is 0 Å². The second kappa shape index (κ2) is 6.74. The minimum Gasteiger partial charge on any atom is -0.349 e. The van der Waals surface area contributed by atoms with Crippen LogP contribution in [0.2, 0.25) is 0 Å². The van der Waals surface area contributed by atoms with E-state index >= 15 is 0 Å². The van der Waals surface area contributed by atoms with Gasteiger partial charge in [-0.3, -0.25) is 14.9 Å². The lowest BCUT2D eigenvalue weighted by molar-refractivity contribution is 0.127. The summed E-state index contributed by atoms with van der Waals surface area (Å²) in [6, 6.07) is 0. The molecule has 0 amide bonds. The average molecular weight is 378 g/mol. The van der Waals surface area contributed by atoms with E-state index in [1.807, 2.05) is 23.5 Å². The highest BCUT2D eigenvalue weighted by Crippen LogP contribution is 2.41. The predicted octanol–water partition coefficient (Wildman–Crippen LogP) is 3.15. The Bertz CT molecular complexity index is 656. The van der Waals surface area contributed by atoms with E-state index < -0.39 is 0 Å². The lowest BCUT2D eigenvalue weighted by atomic mass is 10.0. The van der Waals surface area contributed by atoms with Crippen molar-refractivity contribution in [2.75, 3.05) is 32.7 Å². The van der Waals surface area contributed by atoms with Gasteiger partial charge in [0.1, 0.15) is 12.5 Å². The van der Waals surface area contributed by atoms with Gasteiger partial charge in [-0.2, -0.15) is 0 Å². The second-order valence-electron chi connectivity index (χ2n) is 7.98. The van der Waals surface area contributed by atoms with Gasteiger partial charge in [0.15, 0.2) is 5.17 Å². The normalized spacial score (nSPS) is 31.9. The van der Waals surface area contributed by atoms with Crippen molar-refractivity contribution in [1.82, 2.24) is 9.80 Å². The molecule has 4 aliphatic rings. The summed E-state index contributed by atoms with van der Waals surface area (Å²) in [7, 11) is 0. The van der Waals surface area contributed by atoms with Gasteiger partial charge in [0.05, 0.1) is 17.5 Å². The molecule has 7 heteroatoms. The van der Waals surface area contributed by atoms with Crippen LogP contribution >= 0.6 is 23.5 Å². The Balaban J connectivity index is 1.40. The molecule has 0 N–H and O–H groups in total. The average Bonchev–Trinajstić information content (AvgIpc) is 3.18. The number of allylic oxidation sites excluding steroid dienone is 1. The van der Waals surface area contributed by atoms with Crippen molar-refractivity contribution in [2.45, 2.75) is 38.6 Å². The van der Waals surface area contributed by atoms with Gasteiger partial charge in [-0.1, -0.05) is 43.4 Å². The maximum atomic E-state index is 4.76. The molecule has 0 aromatic heterocycles. The van der Waals surface area contributed by atoms with Crippen LogP contribution in [-0.2, 0) is 0 Å². The van der Waals surface area contributed by atoms with Crippen LogP contribution < -0.4 is 0 Å². The van der Waals surface area contributed by atoms with Crippen LogP contribution in [0.4, 0.5) is 0 Å². The van der Waals surface area contributed by atoms with E-state index in [0.717, 1.165) is 32.7 Å². The molecule has 1 saturated heterocycles. The molecule has 25 heavy (non-hydrogen) atoms. The fourth-order valence-corrected chi connectivity index (χ4v) is 5.77. The smallest absolute Gasteiger partial charge is 0.159 e. The molecule has 4 aliphatic heterocycles. The summed E-state index contributed by atoms with van der Waals surface area (Å²) in [5.74, 6) is 0.910. The number of fused-ring (bicyclic) bond motifs is 1. The third-order valence-electron chi connectivity index (χ3n) is 5.07. The lowest BCUT2D eigenvalue weighted by Crippen LogP contribution is -2.53. The molecule has 2 atom stereocenters. The van der Waals surface area contributed by atoms with E-state index in [4.69, 9.17) is 9.98 Å². The molecule has 0 aromatic rings. The first kappa shape index (κ1) is 17.6. The molecule has 0 bridgehead atoms. The minimum atomic E-state index is 0.216. The fraction of sp³-hybridized carbons (Fsp3) is 0.722. The molecule has 0 aliphatic carbocycles. The first-order valence-corrected chi connectivity index (χ1v) is 10.8. The Hall–Kier alpha value is -0.790. The molecule has 136 valence electrons. The number of aliphatic imine (C=N–C) groups is 3. The van der Waals surface area contributed by atoms with Crippen molar-refractivity contribution < 1.29 is 0 Å². The van der Waals surface area contributed by atoms with Crippen molar-refractivity contribution >= 4 is 40.1 Å². The largest absolute Gasteiger partial charge is 0.349 e. The van der Waals surface area contributed by atoms with Gasteiger partial charge in [-0.05, 0) is 24.7 Å². The quantitative estimate of drug-likeness (QED) is 0.741. The molecule has 0 aromatic carbocycles. The number of piperazine rings is 1. The maximum Gasteiger partial charge on any atom is 0.159 e. The molecule has 0 saturated carbocycles. The zero-order valence-corrected chi connectivity index (χ0v) is 17.1. The topological polar surface area (TPSA) is 43.6 Å². The molecule has 0 radical (unpaired) electrons. The number of thioether (sulfide) groups is 2. The molecule has 4 heterocycles. The summed E-state index contributed by atoms with van der Waals surface area (Å²) in [6.07, 6.45) is 4.39. The number of hydrogen-bond donors (Lipinski definition) is 0. The first-order chi connectivity index (χ1) is 11.9. The van der Waals surface area contributed by atoms with Crippen molar-refractivity contribution in [3.63, 3.8) is 0 Å². The Morgan fingerprint density at radius 1 is 1.20 bits per heavy atom. The number of rotatable bonds is 2. The zero-order chi connectivity index (χ0) is 17.6. The number of nitrogens with zero attached hydrogens (tertiary/aromatic N) is 5. The van der Waals surface area contributed by atoms with Gasteiger partial charge in [-0.25, -0.2) is 4.99 Å². The van der Waals surface area contributed by atoms with Crippen LogP contribution in [0.5, 0.6) is 0 Å². The molecule has 5 nitrogen and oxygen atoms in total. The molecule has 0 spiro atoms. The Morgan fingerprint density at radius 2 is 1.96 bits per heavy atom. The third kappa shape index (κ3) is 3.55. The monoisotopic (exact) mass is 377 g/mol. The van der Waals surface area contributed by atoms with Crippen LogP contribution in [0.25, 0.3) is 0 Å². The van der Waals surface area contributed by atoms with E-state index in [2.05, 4.69) is 48.6 Å². The van der Waals surface area contributed by atoms with Crippen LogP contribution in [-0.4, -0.2) is 70.0 Å². The first-order valence-electron chi connectivity index (χ1n) is 9.14. The van der Waals surface area contributed by atoms with E-state index in [-0.39, 0.29) is 10.9 Å². The highest BCUT2D eigenvalue weighted by atomic mass is 32.2. The molecule has 2 unspecified atom stereocenters. The minimum absolute atomic E-state index is 0.216. The fourth-order valence-electron chi connectivity index (χ4n) is 3.59. The molecule has 1 fully saturated rings. The van der Waals surface area contributed by atoms with E-state index in [1.54, 1.807) is 6.34 Å². The summed E-state index contributed by atoms with van der Waals surface area (Å²) < 4.78 is 0.255. The van der Waals surface area contributed by atoms with Gasteiger partial charge in [0, 0.05) is 30.9 Å². The van der Waals surface area contributed by atoms with Crippen LogP contribution in [0.3, 0.4) is 0 Å². The SMILES string of the molecule is CC(C)C1=CC2C(=NC=NC2N2CCN(C3=NCC(C)(C)S3)CC2)S1. The Kier molecular flexibility index (Phi) is 4.75. The summed E-state index contributed by atoms with van der Waals surface area (Å²) in [5, 5.41) is 2.46. The number of hydrogen-bond acceptors (Lipinski definition) is 7. The zero-order valence-electron chi connectivity index (χ0n) is 15.5. The highest BCUT2D eigenvalue weighted by Gasteiger charge is 2.38. The Labute approximate surface area is 159 Å². The van der Waals surface area contributed by atoms with Gasteiger partial charge >= 0.3 is 0 Å². The Morgan fingerprint density at radius 3 is 2.60 bits per heavy atom. The van der Waals surface area contributed by atoms with Gasteiger partial charge in [0.2, 0.25) is 0 Å². The molecule has 4 rings (SSSR count). The lowest BCUT2D eigenvalue weighted by Gasteiger charge is -2.40. The van der Waals surface area contributed by atoms with Crippen LogP contribution in [0.15, 0.2) is 26.0 Å². The van der Waals surface area contributed by atoms with E-state index in [9.17, 15) is 0 Å². The van der Waals surface area contributed by atoms with Gasteiger partial charge in [0.25, 0.3) is 0 Å². The molecular formula is C18H27N5S2. The molecular weight excluding hydrogens is 350 g/mol. The van der Waals surface area contributed by atoms with E-state index in [0.29, 0.717) is 11.8 Å². The predicted molar refractivity (Wildman–Crippen MR) is 111 cm³/mol. The summed E-state index contributed by atoms with van der Waals surface area (Å²) in [6.45, 7) is 14.2. The highest BCUT2D eigenvalue weighted by molar-refractivity contribution is 8.17. The van der Waals surface area contributed by atoms with Gasteiger partial charge in [-0.15, -0.1) is 0 Å². The number of amidine groups is 1. The van der Waals surface area contributed by atoms with Crippen molar-refractivity contribution in [3.05, 3.63) is 11.0 Å². The summed E-state index contributed by atoms with van der Waals surface area (Å²) in [4.78, 5) is 20.5. The van der Waals surface area contributed by atoms with Crippen LogP contribution in [0, 0.1) is 11.8 Å². The van der Waals surface area contributed by atoms with E-state index in [1.165, 1.54) is 15.1 Å². The summed E-state index contributed by atoms with van der Waals surface area (Å²) in [5.41, 5.74) is 0.